The molecule has 1 heterocycles. The Balaban J connectivity index is 1.76. The van der Waals surface area contributed by atoms with Crippen LogP contribution >= 0.6 is 0 Å². The lowest BCUT2D eigenvalue weighted by Gasteiger charge is -2.21. The van der Waals surface area contributed by atoms with Gasteiger partial charge in [0.2, 0.25) is 5.91 Å². The molecule has 3 nitrogen and oxygen atoms in total. The van der Waals surface area contributed by atoms with Gasteiger partial charge in [-0.05, 0) is 43.5 Å². The molecule has 1 aromatic carbocycles. The summed E-state index contributed by atoms with van der Waals surface area (Å²) in [6.07, 6.45) is -1.89. The summed E-state index contributed by atoms with van der Waals surface area (Å²) in [5.41, 5.74) is 0.133. The molecule has 1 atom stereocenters. The van der Waals surface area contributed by atoms with Crippen LogP contribution in [0.4, 0.5) is 13.2 Å². The van der Waals surface area contributed by atoms with Gasteiger partial charge in [-0.2, -0.15) is 13.2 Å². The SMILES string of the molecule is O=C(NCCc1ccc(C(F)(F)F)cc1)[C@@H]1CCCNC1. The number of hydrogen-bond acceptors (Lipinski definition) is 2. The van der Waals surface area contributed by atoms with E-state index in [0.717, 1.165) is 37.1 Å². The average Bonchev–Trinajstić information content (AvgIpc) is 2.47. The molecule has 1 aliphatic heterocycles. The van der Waals surface area contributed by atoms with Crippen molar-refractivity contribution in [2.45, 2.75) is 25.4 Å². The number of carbonyl (C=O) groups is 1. The van der Waals surface area contributed by atoms with Crippen molar-refractivity contribution in [3.63, 3.8) is 0 Å². The second-order valence-electron chi connectivity index (χ2n) is 5.28. The molecule has 0 aromatic heterocycles. The molecule has 116 valence electrons. The van der Waals surface area contributed by atoms with E-state index in [-0.39, 0.29) is 11.8 Å². The minimum Gasteiger partial charge on any atom is -0.355 e. The fourth-order valence-corrected chi connectivity index (χ4v) is 2.41. The molecular weight excluding hydrogens is 281 g/mol. The van der Waals surface area contributed by atoms with Crippen LogP contribution in [0.2, 0.25) is 0 Å². The topological polar surface area (TPSA) is 41.1 Å². The predicted octanol–water partition coefficient (Wildman–Crippen LogP) is 2.36. The van der Waals surface area contributed by atoms with Crippen molar-refractivity contribution in [3.8, 4) is 0 Å². The van der Waals surface area contributed by atoms with Gasteiger partial charge in [0.05, 0.1) is 11.5 Å². The Bertz CT molecular complexity index is 465. The first-order valence-corrected chi connectivity index (χ1v) is 7.11. The number of hydrogen-bond donors (Lipinski definition) is 2. The van der Waals surface area contributed by atoms with E-state index in [2.05, 4.69) is 10.6 Å². The van der Waals surface area contributed by atoms with E-state index in [9.17, 15) is 18.0 Å². The van der Waals surface area contributed by atoms with Crippen molar-refractivity contribution in [2.75, 3.05) is 19.6 Å². The molecule has 0 saturated carbocycles. The van der Waals surface area contributed by atoms with Gasteiger partial charge in [0.1, 0.15) is 0 Å². The number of carbonyl (C=O) groups excluding carboxylic acids is 1. The van der Waals surface area contributed by atoms with E-state index in [4.69, 9.17) is 0 Å². The third kappa shape index (κ3) is 4.74. The van der Waals surface area contributed by atoms with Crippen molar-refractivity contribution in [1.82, 2.24) is 10.6 Å². The molecule has 1 aromatic rings. The highest BCUT2D eigenvalue weighted by molar-refractivity contribution is 5.78. The number of piperidine rings is 1. The summed E-state index contributed by atoms with van der Waals surface area (Å²) in [5.74, 6) is 0.0282. The van der Waals surface area contributed by atoms with Gasteiger partial charge in [0.25, 0.3) is 0 Å². The van der Waals surface area contributed by atoms with Crippen LogP contribution in [-0.4, -0.2) is 25.5 Å². The number of alkyl halides is 3. The van der Waals surface area contributed by atoms with Crippen LogP contribution in [0.25, 0.3) is 0 Å². The summed E-state index contributed by atoms with van der Waals surface area (Å²) in [6.45, 7) is 2.10. The quantitative estimate of drug-likeness (QED) is 0.896. The predicted molar refractivity (Wildman–Crippen MR) is 73.8 cm³/mol. The first kappa shape index (κ1) is 15.8. The Labute approximate surface area is 121 Å². The van der Waals surface area contributed by atoms with Crippen LogP contribution in [0.15, 0.2) is 24.3 Å². The molecular formula is C15H19F3N2O. The van der Waals surface area contributed by atoms with Gasteiger partial charge in [0.15, 0.2) is 0 Å². The second-order valence-corrected chi connectivity index (χ2v) is 5.28. The Morgan fingerprint density at radius 2 is 2.00 bits per heavy atom. The van der Waals surface area contributed by atoms with Crippen LogP contribution in [0.5, 0.6) is 0 Å². The molecule has 0 aliphatic carbocycles. The van der Waals surface area contributed by atoms with E-state index in [1.807, 2.05) is 0 Å². The lowest BCUT2D eigenvalue weighted by molar-refractivity contribution is -0.137. The Hall–Kier alpha value is -1.56. The first-order valence-electron chi connectivity index (χ1n) is 7.11. The summed E-state index contributed by atoms with van der Waals surface area (Å²) < 4.78 is 37.3. The Morgan fingerprint density at radius 1 is 1.29 bits per heavy atom. The summed E-state index contributed by atoms with van der Waals surface area (Å²) in [5, 5.41) is 6.02. The molecule has 2 N–H and O–H groups in total. The van der Waals surface area contributed by atoms with Gasteiger partial charge in [0, 0.05) is 13.1 Å². The van der Waals surface area contributed by atoms with Gasteiger partial charge < -0.3 is 10.6 Å². The van der Waals surface area contributed by atoms with Gasteiger partial charge in [-0.25, -0.2) is 0 Å². The molecule has 21 heavy (non-hydrogen) atoms. The average molecular weight is 300 g/mol. The number of nitrogens with one attached hydrogen (secondary N) is 2. The highest BCUT2D eigenvalue weighted by Crippen LogP contribution is 2.29. The van der Waals surface area contributed by atoms with Crippen LogP contribution in [0.1, 0.15) is 24.0 Å². The first-order chi connectivity index (χ1) is 9.97. The van der Waals surface area contributed by atoms with Crippen molar-refractivity contribution < 1.29 is 18.0 Å². The van der Waals surface area contributed by atoms with E-state index >= 15 is 0 Å². The summed E-state index contributed by atoms with van der Waals surface area (Å²) >= 11 is 0. The third-order valence-corrected chi connectivity index (χ3v) is 3.66. The molecule has 6 heteroatoms. The van der Waals surface area contributed by atoms with Crippen molar-refractivity contribution in [1.29, 1.82) is 0 Å². The van der Waals surface area contributed by atoms with E-state index in [1.54, 1.807) is 0 Å². The third-order valence-electron chi connectivity index (χ3n) is 3.66. The van der Waals surface area contributed by atoms with Crippen molar-refractivity contribution in [2.24, 2.45) is 5.92 Å². The maximum absolute atomic E-state index is 12.4. The zero-order chi connectivity index (χ0) is 15.3. The number of benzene rings is 1. The standard InChI is InChI=1S/C15H19F3N2O/c16-15(17,18)13-5-3-11(4-6-13)7-9-20-14(21)12-2-1-8-19-10-12/h3-6,12,19H,1-2,7-10H2,(H,20,21)/t12-/m1/s1. The van der Waals surface area contributed by atoms with E-state index < -0.39 is 11.7 Å². The molecule has 1 amide bonds. The lowest BCUT2D eigenvalue weighted by atomic mass is 9.99. The Kier molecular flexibility index (Phi) is 5.22. The van der Waals surface area contributed by atoms with Crippen molar-refractivity contribution in [3.05, 3.63) is 35.4 Å². The van der Waals surface area contributed by atoms with Crippen LogP contribution in [-0.2, 0) is 17.4 Å². The summed E-state index contributed by atoms with van der Waals surface area (Å²) in [7, 11) is 0. The molecule has 0 spiro atoms. The maximum atomic E-state index is 12.4. The maximum Gasteiger partial charge on any atom is 0.416 e. The normalized spacial score (nSPS) is 19.3. The van der Waals surface area contributed by atoms with Gasteiger partial charge in [-0.1, -0.05) is 12.1 Å². The number of amides is 1. The van der Waals surface area contributed by atoms with E-state index in [0.29, 0.717) is 19.5 Å². The summed E-state index contributed by atoms with van der Waals surface area (Å²) in [6, 6.07) is 5.05. The molecule has 0 radical (unpaired) electrons. The molecule has 1 fully saturated rings. The van der Waals surface area contributed by atoms with Crippen LogP contribution in [0, 0.1) is 5.92 Å². The Morgan fingerprint density at radius 3 is 2.57 bits per heavy atom. The fourth-order valence-electron chi connectivity index (χ4n) is 2.41. The van der Waals surface area contributed by atoms with Gasteiger partial charge in [-0.15, -0.1) is 0 Å². The van der Waals surface area contributed by atoms with Crippen LogP contribution < -0.4 is 10.6 Å². The van der Waals surface area contributed by atoms with E-state index in [1.165, 1.54) is 12.1 Å². The highest BCUT2D eigenvalue weighted by atomic mass is 19.4. The number of halogens is 3. The monoisotopic (exact) mass is 300 g/mol. The molecule has 0 bridgehead atoms. The van der Waals surface area contributed by atoms with Crippen molar-refractivity contribution >= 4 is 5.91 Å². The lowest BCUT2D eigenvalue weighted by Crippen LogP contribution is -2.41. The fraction of sp³-hybridized carbons (Fsp3) is 0.533. The summed E-state index contributed by atoms with van der Waals surface area (Å²) in [4.78, 5) is 11.9. The van der Waals surface area contributed by atoms with Gasteiger partial charge in [-0.3, -0.25) is 4.79 Å². The van der Waals surface area contributed by atoms with Crippen LogP contribution in [0.3, 0.4) is 0 Å². The highest BCUT2D eigenvalue weighted by Gasteiger charge is 2.29. The smallest absolute Gasteiger partial charge is 0.355 e. The second kappa shape index (κ2) is 6.93. The molecule has 1 aliphatic rings. The molecule has 0 unspecified atom stereocenters. The zero-order valence-electron chi connectivity index (χ0n) is 11.7. The number of rotatable bonds is 4. The minimum atomic E-state index is -4.30. The molecule has 2 rings (SSSR count). The minimum absolute atomic E-state index is 0.00588. The van der Waals surface area contributed by atoms with Gasteiger partial charge >= 0.3 is 6.18 Å². The largest absolute Gasteiger partial charge is 0.416 e. The molecule has 1 saturated heterocycles. The zero-order valence-corrected chi connectivity index (χ0v) is 11.7.